The maximum atomic E-state index is 13.3. The molecule has 94 valence electrons. The second-order valence-corrected chi connectivity index (χ2v) is 6.82. The summed E-state index contributed by atoms with van der Waals surface area (Å²) < 4.78 is 15.0. The standard InChI is InChI=1S/C12H8Br2FNOS/c1-6-8(15)3-2-4-9(6)16-12(17)10-5-7(13)11(14)18-10/h2-5H,1H3,(H,16,17). The van der Waals surface area contributed by atoms with Crippen LogP contribution in [0.5, 0.6) is 0 Å². The van der Waals surface area contributed by atoms with Gasteiger partial charge in [-0.15, -0.1) is 11.3 Å². The van der Waals surface area contributed by atoms with E-state index in [4.69, 9.17) is 0 Å². The van der Waals surface area contributed by atoms with Crippen molar-refractivity contribution in [2.24, 2.45) is 0 Å². The topological polar surface area (TPSA) is 29.1 Å². The Kier molecular flexibility index (Phi) is 4.19. The lowest BCUT2D eigenvalue weighted by molar-refractivity contribution is 0.103. The van der Waals surface area contributed by atoms with Crippen LogP contribution in [0.1, 0.15) is 15.2 Å². The Bertz CT molecular complexity index is 593. The molecule has 2 rings (SSSR count). The lowest BCUT2D eigenvalue weighted by Crippen LogP contribution is -2.11. The second kappa shape index (κ2) is 5.50. The Balaban J connectivity index is 2.24. The minimum atomic E-state index is -0.332. The molecule has 0 saturated carbocycles. The Labute approximate surface area is 124 Å². The first kappa shape index (κ1) is 13.7. The zero-order valence-electron chi connectivity index (χ0n) is 9.26. The molecule has 0 aliphatic heterocycles. The molecule has 2 nitrogen and oxygen atoms in total. The molecular weight excluding hydrogens is 385 g/mol. The van der Waals surface area contributed by atoms with Gasteiger partial charge in [-0.25, -0.2) is 4.39 Å². The molecule has 2 aromatic rings. The summed E-state index contributed by atoms with van der Waals surface area (Å²) in [6.07, 6.45) is 0. The van der Waals surface area contributed by atoms with Gasteiger partial charge in [-0.1, -0.05) is 6.07 Å². The molecule has 0 radical (unpaired) electrons. The van der Waals surface area contributed by atoms with Gasteiger partial charge in [0.15, 0.2) is 0 Å². The number of benzene rings is 1. The van der Waals surface area contributed by atoms with E-state index in [0.717, 1.165) is 8.26 Å². The minimum absolute atomic E-state index is 0.250. The van der Waals surface area contributed by atoms with Gasteiger partial charge in [0.2, 0.25) is 0 Å². The van der Waals surface area contributed by atoms with Crippen molar-refractivity contribution in [3.8, 4) is 0 Å². The van der Waals surface area contributed by atoms with Gasteiger partial charge in [0.25, 0.3) is 5.91 Å². The molecule has 0 spiro atoms. The number of amides is 1. The van der Waals surface area contributed by atoms with Crippen LogP contribution in [0.15, 0.2) is 32.5 Å². The Morgan fingerprint density at radius 1 is 1.39 bits per heavy atom. The first-order chi connectivity index (χ1) is 8.49. The van der Waals surface area contributed by atoms with E-state index in [2.05, 4.69) is 37.2 Å². The lowest BCUT2D eigenvalue weighted by Gasteiger charge is -2.07. The van der Waals surface area contributed by atoms with Gasteiger partial charge >= 0.3 is 0 Å². The molecule has 6 heteroatoms. The first-order valence-electron chi connectivity index (χ1n) is 5.00. The maximum absolute atomic E-state index is 13.3. The number of halogens is 3. The predicted octanol–water partition coefficient (Wildman–Crippen LogP) is 4.97. The molecule has 1 amide bonds. The molecule has 1 N–H and O–H groups in total. The largest absolute Gasteiger partial charge is 0.321 e. The van der Waals surface area contributed by atoms with E-state index < -0.39 is 0 Å². The molecule has 0 bridgehead atoms. The van der Waals surface area contributed by atoms with Crippen LogP contribution in [0.2, 0.25) is 0 Å². The van der Waals surface area contributed by atoms with E-state index >= 15 is 0 Å². The third-order valence-corrected chi connectivity index (χ3v) is 5.64. The fourth-order valence-electron chi connectivity index (χ4n) is 1.39. The molecule has 18 heavy (non-hydrogen) atoms. The van der Waals surface area contributed by atoms with Crippen molar-refractivity contribution in [3.63, 3.8) is 0 Å². The van der Waals surface area contributed by atoms with Gasteiger partial charge in [0.05, 0.1) is 8.66 Å². The quantitative estimate of drug-likeness (QED) is 0.767. The van der Waals surface area contributed by atoms with Crippen LogP contribution in [0.3, 0.4) is 0 Å². The smallest absolute Gasteiger partial charge is 0.265 e. The lowest BCUT2D eigenvalue weighted by atomic mass is 10.2. The number of hydrogen-bond acceptors (Lipinski definition) is 2. The molecule has 1 aromatic carbocycles. The number of hydrogen-bond donors (Lipinski definition) is 1. The van der Waals surface area contributed by atoms with Crippen LogP contribution in [0.25, 0.3) is 0 Å². The molecule has 0 unspecified atom stereocenters. The zero-order chi connectivity index (χ0) is 13.3. The first-order valence-corrected chi connectivity index (χ1v) is 7.40. The van der Waals surface area contributed by atoms with E-state index in [1.54, 1.807) is 25.1 Å². The molecule has 0 atom stereocenters. The summed E-state index contributed by atoms with van der Waals surface area (Å²) in [5.74, 6) is -0.582. The number of carbonyl (C=O) groups excluding carboxylic acids is 1. The number of carbonyl (C=O) groups is 1. The van der Waals surface area contributed by atoms with Gasteiger partial charge in [-0.3, -0.25) is 4.79 Å². The number of thiophene rings is 1. The van der Waals surface area contributed by atoms with Gasteiger partial charge in [-0.05, 0) is 57.0 Å². The summed E-state index contributed by atoms with van der Waals surface area (Å²) in [6, 6.07) is 6.33. The van der Waals surface area contributed by atoms with E-state index in [9.17, 15) is 9.18 Å². The van der Waals surface area contributed by atoms with E-state index in [1.807, 2.05) is 0 Å². The summed E-state index contributed by atoms with van der Waals surface area (Å²) >= 11 is 7.96. The number of anilines is 1. The highest BCUT2D eigenvalue weighted by Gasteiger charge is 2.13. The van der Waals surface area contributed by atoms with Crippen LogP contribution < -0.4 is 5.32 Å². The fraction of sp³-hybridized carbons (Fsp3) is 0.0833. The van der Waals surface area contributed by atoms with Crippen LogP contribution in [-0.4, -0.2) is 5.91 Å². The van der Waals surface area contributed by atoms with Crippen molar-refractivity contribution in [3.05, 3.63) is 48.8 Å². The Hall–Kier alpha value is -0.720. The van der Waals surface area contributed by atoms with Crippen LogP contribution in [0.4, 0.5) is 10.1 Å². The van der Waals surface area contributed by atoms with Crippen molar-refractivity contribution >= 4 is 54.8 Å². The molecule has 0 aliphatic rings. The SMILES string of the molecule is Cc1c(F)cccc1NC(=O)c1cc(Br)c(Br)s1. The molecule has 1 heterocycles. The van der Waals surface area contributed by atoms with Gasteiger partial charge in [-0.2, -0.15) is 0 Å². The van der Waals surface area contributed by atoms with Gasteiger partial charge < -0.3 is 5.32 Å². The predicted molar refractivity (Wildman–Crippen MR) is 78.8 cm³/mol. The van der Waals surface area contributed by atoms with E-state index in [1.165, 1.54) is 17.4 Å². The van der Waals surface area contributed by atoms with Crippen molar-refractivity contribution in [1.82, 2.24) is 0 Å². The molecule has 0 saturated heterocycles. The monoisotopic (exact) mass is 391 g/mol. The van der Waals surface area contributed by atoms with E-state index in [0.29, 0.717) is 16.1 Å². The summed E-state index contributed by atoms with van der Waals surface area (Å²) in [4.78, 5) is 12.5. The zero-order valence-corrected chi connectivity index (χ0v) is 13.2. The fourth-order valence-corrected chi connectivity index (χ4v) is 3.32. The van der Waals surface area contributed by atoms with Crippen molar-refractivity contribution in [2.45, 2.75) is 6.92 Å². The third kappa shape index (κ3) is 2.81. The van der Waals surface area contributed by atoms with Crippen molar-refractivity contribution < 1.29 is 9.18 Å². The summed E-state index contributed by atoms with van der Waals surface area (Å²) in [6.45, 7) is 1.63. The Morgan fingerprint density at radius 3 is 2.72 bits per heavy atom. The number of nitrogens with one attached hydrogen (secondary N) is 1. The highest BCUT2D eigenvalue weighted by atomic mass is 79.9. The average molecular weight is 393 g/mol. The van der Waals surface area contributed by atoms with E-state index in [-0.39, 0.29) is 11.7 Å². The molecule has 0 fully saturated rings. The maximum Gasteiger partial charge on any atom is 0.265 e. The highest BCUT2D eigenvalue weighted by Crippen LogP contribution is 2.32. The summed E-state index contributed by atoms with van der Waals surface area (Å²) in [7, 11) is 0. The van der Waals surface area contributed by atoms with Crippen molar-refractivity contribution in [1.29, 1.82) is 0 Å². The average Bonchev–Trinajstić information content (AvgIpc) is 2.66. The number of rotatable bonds is 2. The second-order valence-electron chi connectivity index (χ2n) is 3.60. The van der Waals surface area contributed by atoms with Crippen LogP contribution in [-0.2, 0) is 0 Å². The van der Waals surface area contributed by atoms with Crippen LogP contribution in [0, 0.1) is 12.7 Å². The summed E-state index contributed by atoms with van der Waals surface area (Å²) in [5.41, 5.74) is 0.918. The molecular formula is C12H8Br2FNOS. The van der Waals surface area contributed by atoms with Crippen LogP contribution >= 0.6 is 43.2 Å². The molecule has 0 aliphatic carbocycles. The van der Waals surface area contributed by atoms with Gasteiger partial charge in [0.1, 0.15) is 5.82 Å². The van der Waals surface area contributed by atoms with Gasteiger partial charge in [0, 0.05) is 15.7 Å². The normalized spacial score (nSPS) is 10.4. The minimum Gasteiger partial charge on any atom is -0.321 e. The van der Waals surface area contributed by atoms with Crippen molar-refractivity contribution in [2.75, 3.05) is 5.32 Å². The Morgan fingerprint density at radius 2 is 2.11 bits per heavy atom. The highest BCUT2D eigenvalue weighted by molar-refractivity contribution is 9.13. The summed E-state index contributed by atoms with van der Waals surface area (Å²) in [5, 5.41) is 2.70. The third-order valence-electron chi connectivity index (χ3n) is 2.38. The molecule has 1 aromatic heterocycles.